The smallest absolute Gasteiger partial charge is 0.317 e. The van der Waals surface area contributed by atoms with Crippen LogP contribution in [0.3, 0.4) is 0 Å². The van der Waals surface area contributed by atoms with Crippen molar-refractivity contribution in [2.75, 3.05) is 12.3 Å². The summed E-state index contributed by atoms with van der Waals surface area (Å²) in [4.78, 5) is 18.1. The van der Waals surface area contributed by atoms with E-state index in [-0.39, 0.29) is 24.4 Å². The van der Waals surface area contributed by atoms with Gasteiger partial charge in [-0.15, -0.1) is 0 Å². The minimum atomic E-state index is -0.387. The van der Waals surface area contributed by atoms with E-state index in [1.54, 1.807) is 17.0 Å². The summed E-state index contributed by atoms with van der Waals surface area (Å²) in [5.41, 5.74) is 0.359. The number of halogens is 2. The number of hydrogen-bond acceptors (Lipinski definition) is 4. The first-order valence-electron chi connectivity index (χ1n) is 7.60. The lowest BCUT2D eigenvalue weighted by Gasteiger charge is -2.23. The Hall–Kier alpha value is -1.80. The number of urea groups is 1. The second-order valence-corrected chi connectivity index (χ2v) is 6.92. The van der Waals surface area contributed by atoms with Crippen LogP contribution in [-0.4, -0.2) is 44.5 Å². The molecule has 1 aliphatic carbocycles. The van der Waals surface area contributed by atoms with E-state index in [1.165, 1.54) is 24.2 Å². The van der Waals surface area contributed by atoms with E-state index >= 15 is 0 Å². The van der Waals surface area contributed by atoms with Gasteiger partial charge < -0.3 is 10.2 Å². The molecule has 0 saturated heterocycles. The van der Waals surface area contributed by atoms with Crippen LogP contribution < -0.4 is 5.32 Å². The zero-order valence-corrected chi connectivity index (χ0v) is 14.4. The van der Waals surface area contributed by atoms with Crippen LogP contribution in [0.4, 0.5) is 9.18 Å². The first kappa shape index (κ1) is 17.0. The molecule has 6 nitrogen and oxygen atoms in total. The van der Waals surface area contributed by atoms with E-state index in [0.717, 1.165) is 12.8 Å². The molecule has 2 N–H and O–H groups in total. The third-order valence-electron chi connectivity index (χ3n) is 3.65. The number of aromatic amines is 1. The van der Waals surface area contributed by atoms with E-state index in [1.807, 2.05) is 0 Å². The molecule has 0 aliphatic heterocycles. The summed E-state index contributed by atoms with van der Waals surface area (Å²) >= 11 is 7.54. The quantitative estimate of drug-likeness (QED) is 0.581. The van der Waals surface area contributed by atoms with Crippen LogP contribution in [0.5, 0.6) is 0 Å². The van der Waals surface area contributed by atoms with E-state index in [9.17, 15) is 9.18 Å². The summed E-state index contributed by atoms with van der Waals surface area (Å²) in [6.07, 6.45) is 3.31. The van der Waals surface area contributed by atoms with Gasteiger partial charge in [0.15, 0.2) is 5.16 Å². The van der Waals surface area contributed by atoms with Crippen LogP contribution in [0.25, 0.3) is 0 Å². The van der Waals surface area contributed by atoms with E-state index < -0.39 is 0 Å². The van der Waals surface area contributed by atoms with Crippen molar-refractivity contribution < 1.29 is 9.18 Å². The first-order valence-corrected chi connectivity index (χ1v) is 8.97. The summed E-state index contributed by atoms with van der Waals surface area (Å²) in [7, 11) is 0. The fraction of sp³-hybridized carbons (Fsp3) is 0.400. The highest BCUT2D eigenvalue weighted by Crippen LogP contribution is 2.30. The summed E-state index contributed by atoms with van der Waals surface area (Å²) in [5.74, 6) is 0.279. The third kappa shape index (κ3) is 4.39. The van der Waals surface area contributed by atoms with Crippen molar-refractivity contribution in [2.24, 2.45) is 0 Å². The van der Waals surface area contributed by atoms with Crippen LogP contribution in [0.1, 0.15) is 18.4 Å². The maximum atomic E-state index is 14.0. The molecule has 0 spiro atoms. The van der Waals surface area contributed by atoms with Crippen molar-refractivity contribution >= 4 is 29.4 Å². The Morgan fingerprint density at radius 2 is 2.33 bits per heavy atom. The van der Waals surface area contributed by atoms with Gasteiger partial charge in [-0.25, -0.2) is 14.2 Å². The predicted molar refractivity (Wildman–Crippen MR) is 90.5 cm³/mol. The molecule has 2 aromatic rings. The molecule has 1 aliphatic rings. The highest BCUT2D eigenvalue weighted by Gasteiger charge is 2.33. The Labute approximate surface area is 148 Å². The van der Waals surface area contributed by atoms with Gasteiger partial charge in [0.2, 0.25) is 0 Å². The number of rotatable bonds is 7. The molecule has 9 heteroatoms. The summed E-state index contributed by atoms with van der Waals surface area (Å²) in [6.45, 7) is 0.662. The van der Waals surface area contributed by atoms with Crippen molar-refractivity contribution in [2.45, 2.75) is 30.6 Å². The fourth-order valence-electron chi connectivity index (χ4n) is 2.28. The molecule has 1 fully saturated rings. The minimum Gasteiger partial charge on any atom is -0.337 e. The van der Waals surface area contributed by atoms with Crippen LogP contribution in [-0.2, 0) is 6.54 Å². The molecule has 0 bridgehead atoms. The zero-order valence-electron chi connectivity index (χ0n) is 12.8. The standard InChI is InChI=1S/C15H17ClFN5OS/c16-12-2-1-3-13(17)11(12)8-22(10-4-5-10)15(23)18-6-7-24-14-19-9-20-21-14/h1-3,9-10H,4-8H2,(H,18,23)(H,19,20,21). The number of hydrogen-bond donors (Lipinski definition) is 2. The molecule has 24 heavy (non-hydrogen) atoms. The Morgan fingerprint density at radius 1 is 1.50 bits per heavy atom. The summed E-state index contributed by atoms with van der Waals surface area (Å²) in [5, 5.41) is 10.4. The van der Waals surface area contributed by atoms with E-state index in [2.05, 4.69) is 20.5 Å². The third-order valence-corrected chi connectivity index (χ3v) is 4.88. The Bertz CT molecular complexity index is 675. The van der Waals surface area contributed by atoms with Gasteiger partial charge in [-0.1, -0.05) is 29.4 Å². The predicted octanol–water partition coefficient (Wildman–Crippen LogP) is 3.06. The number of H-pyrrole nitrogens is 1. The average Bonchev–Trinajstić information content (AvgIpc) is 3.26. The van der Waals surface area contributed by atoms with Gasteiger partial charge in [0.1, 0.15) is 12.1 Å². The number of nitrogens with one attached hydrogen (secondary N) is 2. The van der Waals surface area contributed by atoms with Crippen molar-refractivity contribution in [3.8, 4) is 0 Å². The van der Waals surface area contributed by atoms with Crippen molar-refractivity contribution in [3.05, 3.63) is 40.9 Å². The second-order valence-electron chi connectivity index (χ2n) is 5.43. The Kier molecular flexibility index (Phi) is 5.57. The number of benzene rings is 1. The van der Waals surface area contributed by atoms with E-state index in [4.69, 9.17) is 11.6 Å². The van der Waals surface area contributed by atoms with Crippen LogP contribution in [0.15, 0.2) is 29.7 Å². The molecule has 0 atom stereocenters. The Balaban J connectivity index is 1.54. The lowest BCUT2D eigenvalue weighted by atomic mass is 10.2. The average molecular weight is 370 g/mol. The molecule has 1 aromatic carbocycles. The molecule has 0 unspecified atom stereocenters. The summed E-state index contributed by atoms with van der Waals surface area (Å²) in [6, 6.07) is 4.51. The number of carbonyl (C=O) groups excluding carboxylic acids is 1. The molecule has 2 amide bonds. The maximum Gasteiger partial charge on any atom is 0.317 e. The molecule has 3 rings (SSSR count). The number of thioether (sulfide) groups is 1. The number of aromatic nitrogens is 3. The van der Waals surface area contributed by atoms with Gasteiger partial charge in [-0.2, -0.15) is 5.10 Å². The Morgan fingerprint density at radius 3 is 3.00 bits per heavy atom. The van der Waals surface area contributed by atoms with Gasteiger partial charge in [0.05, 0.1) is 6.54 Å². The van der Waals surface area contributed by atoms with Gasteiger partial charge >= 0.3 is 6.03 Å². The summed E-state index contributed by atoms with van der Waals surface area (Å²) < 4.78 is 14.0. The van der Waals surface area contributed by atoms with Gasteiger partial charge in [-0.05, 0) is 25.0 Å². The topological polar surface area (TPSA) is 73.9 Å². The van der Waals surface area contributed by atoms with Crippen LogP contribution in [0, 0.1) is 5.82 Å². The SMILES string of the molecule is O=C(NCCSc1ncn[nH]1)N(Cc1c(F)cccc1Cl)C1CC1. The highest BCUT2D eigenvalue weighted by molar-refractivity contribution is 7.99. The number of carbonyl (C=O) groups is 1. The van der Waals surface area contributed by atoms with Crippen LogP contribution in [0.2, 0.25) is 5.02 Å². The normalized spacial score (nSPS) is 13.8. The number of nitrogens with zero attached hydrogens (tertiary/aromatic N) is 3. The van der Waals surface area contributed by atoms with Gasteiger partial charge in [0.25, 0.3) is 0 Å². The van der Waals surface area contributed by atoms with E-state index in [0.29, 0.717) is 28.0 Å². The molecule has 1 aromatic heterocycles. The van der Waals surface area contributed by atoms with Gasteiger partial charge in [-0.3, -0.25) is 5.10 Å². The van der Waals surface area contributed by atoms with Crippen molar-refractivity contribution in [1.82, 2.24) is 25.4 Å². The molecule has 128 valence electrons. The first-order chi connectivity index (χ1) is 11.6. The molecular weight excluding hydrogens is 353 g/mol. The largest absolute Gasteiger partial charge is 0.337 e. The lowest BCUT2D eigenvalue weighted by molar-refractivity contribution is 0.192. The lowest BCUT2D eigenvalue weighted by Crippen LogP contribution is -2.42. The monoisotopic (exact) mass is 369 g/mol. The molecule has 1 saturated carbocycles. The van der Waals surface area contributed by atoms with Crippen molar-refractivity contribution in [1.29, 1.82) is 0 Å². The molecule has 1 heterocycles. The highest BCUT2D eigenvalue weighted by atomic mass is 35.5. The number of amides is 2. The molecular formula is C15H17ClFN5OS. The van der Waals surface area contributed by atoms with Gasteiger partial charge in [0, 0.05) is 28.9 Å². The molecule has 0 radical (unpaired) electrons. The van der Waals surface area contributed by atoms with Crippen molar-refractivity contribution in [3.63, 3.8) is 0 Å². The fourth-order valence-corrected chi connectivity index (χ4v) is 3.14. The minimum absolute atomic E-state index is 0.155. The zero-order chi connectivity index (χ0) is 16.9. The van der Waals surface area contributed by atoms with Crippen LogP contribution >= 0.6 is 23.4 Å². The second kappa shape index (κ2) is 7.85. The maximum absolute atomic E-state index is 14.0.